The number of carboxylic acids is 1. The van der Waals surface area contributed by atoms with Crippen LogP contribution in [-0.2, 0) is 0 Å². The molecule has 0 atom stereocenters. The topological polar surface area (TPSA) is 70.2 Å². The number of allylic oxidation sites excluding steroid dienone is 1. The predicted octanol–water partition coefficient (Wildman–Crippen LogP) is 3.02. The van der Waals surface area contributed by atoms with Gasteiger partial charge in [0.25, 0.3) is 0 Å². The summed E-state index contributed by atoms with van der Waals surface area (Å²) in [4.78, 5) is 25.6. The van der Waals surface area contributed by atoms with E-state index in [2.05, 4.69) is 20.9 Å². The van der Waals surface area contributed by atoms with Crippen LogP contribution < -0.4 is 5.43 Å². The van der Waals surface area contributed by atoms with Crippen LogP contribution >= 0.6 is 15.9 Å². The average molecular weight is 322 g/mol. The Bertz CT molecular complexity index is 703. The van der Waals surface area contributed by atoms with Crippen molar-refractivity contribution in [3.8, 4) is 0 Å². The van der Waals surface area contributed by atoms with Gasteiger partial charge in [-0.05, 0) is 24.1 Å². The summed E-state index contributed by atoms with van der Waals surface area (Å²) in [6.45, 7) is 0. The van der Waals surface area contributed by atoms with E-state index in [1.807, 2.05) is 18.2 Å². The number of nitrogens with one attached hydrogen (secondary N) is 1. The maximum Gasteiger partial charge on any atom is 0.341 e. The molecule has 4 nitrogen and oxygen atoms in total. The van der Waals surface area contributed by atoms with Crippen LogP contribution in [0.1, 0.15) is 22.3 Å². The van der Waals surface area contributed by atoms with Crippen LogP contribution in [0, 0.1) is 0 Å². The van der Waals surface area contributed by atoms with Crippen LogP contribution in [0.25, 0.3) is 17.0 Å². The van der Waals surface area contributed by atoms with Crippen LogP contribution in [0.3, 0.4) is 0 Å². The number of rotatable bonds is 4. The summed E-state index contributed by atoms with van der Waals surface area (Å²) in [7, 11) is 0. The van der Waals surface area contributed by atoms with Gasteiger partial charge in [-0.25, -0.2) is 4.79 Å². The summed E-state index contributed by atoms with van der Waals surface area (Å²) >= 11 is 3.34. The number of fused-ring (bicyclic) bond motifs is 1. The molecule has 0 radical (unpaired) electrons. The summed E-state index contributed by atoms with van der Waals surface area (Å²) in [6, 6.07) is 5.27. The molecule has 2 N–H and O–H groups in total. The molecule has 5 heteroatoms. The highest BCUT2D eigenvalue weighted by molar-refractivity contribution is 9.09. The number of benzene rings is 1. The van der Waals surface area contributed by atoms with Crippen molar-refractivity contribution >= 4 is 38.9 Å². The first kappa shape index (κ1) is 13.5. The molecule has 2 aromatic rings. The summed E-state index contributed by atoms with van der Waals surface area (Å²) in [5.74, 6) is -1.22. The van der Waals surface area contributed by atoms with E-state index in [0.717, 1.165) is 17.3 Å². The Hall–Kier alpha value is -1.88. The van der Waals surface area contributed by atoms with Crippen molar-refractivity contribution in [2.75, 3.05) is 5.33 Å². The SMILES string of the molecule is O=C(O)c1c[nH]c2cc(C=CCCBr)ccc2c1=O. The van der Waals surface area contributed by atoms with Gasteiger partial charge in [-0.3, -0.25) is 4.79 Å². The van der Waals surface area contributed by atoms with Gasteiger partial charge in [-0.1, -0.05) is 34.1 Å². The molecule has 0 aliphatic rings. The number of carbonyl (C=O) groups is 1. The minimum atomic E-state index is -1.22. The molecular weight excluding hydrogens is 310 g/mol. The van der Waals surface area contributed by atoms with Crippen LogP contribution in [0.15, 0.2) is 35.3 Å². The molecule has 1 aromatic carbocycles. The highest BCUT2D eigenvalue weighted by Crippen LogP contribution is 2.13. The fraction of sp³-hybridized carbons (Fsp3) is 0.143. The number of hydrogen-bond acceptors (Lipinski definition) is 2. The molecule has 19 heavy (non-hydrogen) atoms. The fourth-order valence-corrected chi connectivity index (χ4v) is 2.05. The maximum atomic E-state index is 11.9. The second-order valence-electron chi connectivity index (χ2n) is 4.02. The summed E-state index contributed by atoms with van der Waals surface area (Å²) < 4.78 is 0. The Morgan fingerprint density at radius 1 is 1.42 bits per heavy atom. The van der Waals surface area contributed by atoms with E-state index in [-0.39, 0.29) is 5.56 Å². The first-order valence-electron chi connectivity index (χ1n) is 5.74. The molecule has 0 amide bonds. The highest BCUT2D eigenvalue weighted by atomic mass is 79.9. The second-order valence-corrected chi connectivity index (χ2v) is 4.81. The number of carboxylic acid groups (broad SMARTS) is 1. The third kappa shape index (κ3) is 2.93. The van der Waals surface area contributed by atoms with E-state index in [1.54, 1.807) is 12.1 Å². The molecule has 0 unspecified atom stereocenters. The van der Waals surface area contributed by atoms with E-state index < -0.39 is 11.4 Å². The molecule has 0 saturated carbocycles. The van der Waals surface area contributed by atoms with Gasteiger partial charge in [0.05, 0.1) is 0 Å². The molecule has 0 spiro atoms. The lowest BCUT2D eigenvalue weighted by atomic mass is 10.1. The number of halogens is 1. The van der Waals surface area contributed by atoms with Crippen LogP contribution in [0.4, 0.5) is 0 Å². The molecule has 98 valence electrons. The average Bonchev–Trinajstić information content (AvgIpc) is 2.39. The largest absolute Gasteiger partial charge is 0.477 e. The van der Waals surface area contributed by atoms with Crippen molar-refractivity contribution in [2.45, 2.75) is 6.42 Å². The molecule has 1 aromatic heterocycles. The van der Waals surface area contributed by atoms with Crippen molar-refractivity contribution in [1.82, 2.24) is 4.98 Å². The molecular formula is C14H12BrNO3. The van der Waals surface area contributed by atoms with Gasteiger partial charge < -0.3 is 10.1 Å². The van der Waals surface area contributed by atoms with E-state index in [1.165, 1.54) is 6.20 Å². The molecule has 0 fully saturated rings. The van der Waals surface area contributed by atoms with Gasteiger partial charge in [0.1, 0.15) is 5.56 Å². The molecule has 0 aliphatic carbocycles. The third-order valence-electron chi connectivity index (χ3n) is 2.72. The number of aromatic nitrogens is 1. The highest BCUT2D eigenvalue weighted by Gasteiger charge is 2.10. The normalized spacial score (nSPS) is 11.2. The molecule has 2 rings (SSSR count). The maximum absolute atomic E-state index is 11.9. The molecule has 0 aliphatic heterocycles. The Balaban J connectivity index is 2.49. The summed E-state index contributed by atoms with van der Waals surface area (Å²) in [5, 5.41) is 10.2. The van der Waals surface area contributed by atoms with Gasteiger partial charge in [-0.2, -0.15) is 0 Å². The monoisotopic (exact) mass is 321 g/mol. The Morgan fingerprint density at radius 2 is 2.21 bits per heavy atom. The Labute approximate surface area is 117 Å². The predicted molar refractivity (Wildman–Crippen MR) is 79.0 cm³/mol. The molecule has 1 heterocycles. The van der Waals surface area contributed by atoms with Crippen molar-refractivity contribution in [2.24, 2.45) is 0 Å². The van der Waals surface area contributed by atoms with E-state index in [4.69, 9.17) is 5.11 Å². The summed E-state index contributed by atoms with van der Waals surface area (Å²) in [6.07, 6.45) is 6.15. The number of hydrogen-bond donors (Lipinski definition) is 2. The Kier molecular flexibility index (Phi) is 4.16. The fourth-order valence-electron chi connectivity index (χ4n) is 1.78. The summed E-state index contributed by atoms with van der Waals surface area (Å²) in [5.41, 5.74) is 0.899. The van der Waals surface area contributed by atoms with Gasteiger partial charge in [-0.15, -0.1) is 0 Å². The lowest BCUT2D eigenvalue weighted by Gasteiger charge is -2.01. The number of aromatic amines is 1. The zero-order chi connectivity index (χ0) is 13.8. The lowest BCUT2D eigenvalue weighted by molar-refractivity contribution is 0.0695. The first-order chi connectivity index (χ1) is 9.13. The van der Waals surface area contributed by atoms with Crippen LogP contribution in [0.5, 0.6) is 0 Å². The minimum Gasteiger partial charge on any atom is -0.477 e. The number of pyridine rings is 1. The van der Waals surface area contributed by atoms with Gasteiger partial charge in [0.2, 0.25) is 5.43 Å². The van der Waals surface area contributed by atoms with E-state index >= 15 is 0 Å². The smallest absolute Gasteiger partial charge is 0.341 e. The first-order valence-corrected chi connectivity index (χ1v) is 6.87. The van der Waals surface area contributed by atoms with Gasteiger partial charge in [0.15, 0.2) is 0 Å². The lowest BCUT2D eigenvalue weighted by Crippen LogP contribution is -2.15. The van der Waals surface area contributed by atoms with Crippen molar-refractivity contribution in [1.29, 1.82) is 0 Å². The molecule has 0 saturated heterocycles. The van der Waals surface area contributed by atoms with Crippen molar-refractivity contribution in [3.05, 3.63) is 51.8 Å². The van der Waals surface area contributed by atoms with Crippen molar-refractivity contribution < 1.29 is 9.90 Å². The van der Waals surface area contributed by atoms with E-state index in [0.29, 0.717) is 10.9 Å². The quantitative estimate of drug-likeness (QED) is 0.850. The van der Waals surface area contributed by atoms with E-state index in [9.17, 15) is 9.59 Å². The van der Waals surface area contributed by atoms with Gasteiger partial charge in [0, 0.05) is 22.4 Å². The van der Waals surface area contributed by atoms with Gasteiger partial charge >= 0.3 is 5.97 Å². The number of H-pyrrole nitrogens is 1. The zero-order valence-electron chi connectivity index (χ0n) is 10.0. The standard InChI is InChI=1S/C14H12BrNO3/c15-6-2-1-3-9-4-5-10-12(7-9)16-8-11(13(10)17)14(18)19/h1,3-5,7-8H,2,6H2,(H,16,17)(H,18,19). The molecule has 0 bridgehead atoms. The minimum absolute atomic E-state index is 0.241. The third-order valence-corrected chi connectivity index (χ3v) is 3.18. The number of alkyl halides is 1. The zero-order valence-corrected chi connectivity index (χ0v) is 11.6. The number of aromatic carboxylic acids is 1. The van der Waals surface area contributed by atoms with Crippen LogP contribution in [-0.4, -0.2) is 21.4 Å². The van der Waals surface area contributed by atoms with Crippen molar-refractivity contribution in [3.63, 3.8) is 0 Å². The second kappa shape index (κ2) is 5.84. The Morgan fingerprint density at radius 3 is 2.89 bits per heavy atom. The van der Waals surface area contributed by atoms with Crippen LogP contribution in [0.2, 0.25) is 0 Å².